The third-order valence-corrected chi connectivity index (χ3v) is 6.18. The molecular formula is C20H26ClN5O5S. The number of hydroxylamine groups is 1. The summed E-state index contributed by atoms with van der Waals surface area (Å²) < 4.78 is 34.2. The van der Waals surface area contributed by atoms with Crippen molar-refractivity contribution in [2.45, 2.75) is 26.2 Å². The Bertz CT molecular complexity index is 1080. The van der Waals surface area contributed by atoms with E-state index in [0.717, 1.165) is 42.3 Å². The van der Waals surface area contributed by atoms with Crippen molar-refractivity contribution in [1.29, 1.82) is 0 Å². The van der Waals surface area contributed by atoms with Gasteiger partial charge in [-0.3, -0.25) is 14.2 Å². The van der Waals surface area contributed by atoms with E-state index in [1.807, 2.05) is 6.07 Å². The fourth-order valence-corrected chi connectivity index (χ4v) is 3.97. The number of carbonyl (C=O) groups is 1. The van der Waals surface area contributed by atoms with Crippen molar-refractivity contribution < 1.29 is 22.6 Å². The van der Waals surface area contributed by atoms with Gasteiger partial charge in [0, 0.05) is 32.0 Å². The molecule has 1 amide bonds. The number of aromatic nitrogens is 1. The fraction of sp³-hybridized carbons (Fsp3) is 0.400. The number of nitrogens with one attached hydrogen (secondary N) is 2. The molecule has 1 aromatic heterocycles. The number of amides is 1. The highest BCUT2D eigenvalue weighted by molar-refractivity contribution is 7.87. The monoisotopic (exact) mass is 483 g/mol. The maximum absolute atomic E-state index is 12.5. The Balaban J connectivity index is 2.02. The Morgan fingerprint density at radius 1 is 1.25 bits per heavy atom. The Kier molecular flexibility index (Phi) is 7.77. The minimum atomic E-state index is -4.53. The number of piperidine rings is 1. The van der Waals surface area contributed by atoms with Gasteiger partial charge in [0.2, 0.25) is 0 Å². The molecule has 1 saturated heterocycles. The molecule has 0 saturated carbocycles. The molecule has 0 bridgehead atoms. The summed E-state index contributed by atoms with van der Waals surface area (Å²) in [6.45, 7) is 3.73. The van der Waals surface area contributed by atoms with E-state index in [9.17, 15) is 17.8 Å². The van der Waals surface area contributed by atoms with Gasteiger partial charge in [0.15, 0.2) is 0 Å². The van der Waals surface area contributed by atoms with Gasteiger partial charge in [-0.05, 0) is 50.5 Å². The zero-order chi connectivity index (χ0) is 23.3. The summed E-state index contributed by atoms with van der Waals surface area (Å²) in [5.74, 6) is -0.548. The van der Waals surface area contributed by atoms with Crippen LogP contribution in [0.3, 0.4) is 0 Å². The molecule has 0 aliphatic carbocycles. The number of nitrogens with zero attached hydrogens (tertiary/aromatic N) is 3. The topological polar surface area (TPSA) is 124 Å². The summed E-state index contributed by atoms with van der Waals surface area (Å²) in [7, 11) is -3.28. The molecule has 12 heteroatoms. The van der Waals surface area contributed by atoms with Crippen LogP contribution in [0.1, 0.15) is 36.5 Å². The molecule has 0 unspecified atom stereocenters. The standard InChI is InChI=1S/C20H26ClN5O5S/c1-3-31-24-20(27)15-13-22-19(21)12-17(15)23-16-8-7-14(26-9-5-4-6-10-26)11-18(16)25(2)32(28,29)30/h7-8,11-13H,3-6,9-10H2,1-2H3,(H,22,23)(H,24,27)(H,28,29,30). The molecule has 0 radical (unpaired) electrons. The van der Waals surface area contributed by atoms with Crippen LogP contribution in [0.5, 0.6) is 0 Å². The van der Waals surface area contributed by atoms with Crippen molar-refractivity contribution in [3.05, 3.63) is 41.2 Å². The molecule has 3 N–H and O–H groups in total. The quantitative estimate of drug-likeness (QED) is 0.296. The van der Waals surface area contributed by atoms with E-state index in [-0.39, 0.29) is 28.7 Å². The Morgan fingerprint density at radius 2 is 1.97 bits per heavy atom. The van der Waals surface area contributed by atoms with E-state index in [0.29, 0.717) is 5.69 Å². The van der Waals surface area contributed by atoms with Gasteiger partial charge in [-0.1, -0.05) is 11.6 Å². The zero-order valence-electron chi connectivity index (χ0n) is 17.8. The molecule has 2 heterocycles. The van der Waals surface area contributed by atoms with Crippen LogP contribution in [0.4, 0.5) is 22.7 Å². The van der Waals surface area contributed by atoms with E-state index in [2.05, 4.69) is 20.7 Å². The van der Waals surface area contributed by atoms with Crippen LogP contribution in [0.25, 0.3) is 0 Å². The molecule has 0 atom stereocenters. The minimum Gasteiger partial charge on any atom is -0.371 e. The second-order valence-corrected chi connectivity index (χ2v) is 9.07. The summed E-state index contributed by atoms with van der Waals surface area (Å²) >= 11 is 6.03. The second kappa shape index (κ2) is 10.3. The first kappa shape index (κ1) is 24.1. The van der Waals surface area contributed by atoms with Gasteiger partial charge < -0.3 is 10.2 Å². The lowest BCUT2D eigenvalue weighted by atomic mass is 10.1. The maximum atomic E-state index is 12.5. The number of hydrogen-bond donors (Lipinski definition) is 3. The SMILES string of the molecule is CCONC(=O)c1cnc(Cl)cc1Nc1ccc(N2CCCCC2)cc1N(C)S(=O)(=O)O. The van der Waals surface area contributed by atoms with E-state index in [1.54, 1.807) is 19.1 Å². The second-order valence-electron chi connectivity index (χ2n) is 7.24. The van der Waals surface area contributed by atoms with Gasteiger partial charge in [-0.2, -0.15) is 8.42 Å². The highest BCUT2D eigenvalue weighted by atomic mass is 35.5. The number of pyridine rings is 1. The van der Waals surface area contributed by atoms with Gasteiger partial charge in [0.25, 0.3) is 5.91 Å². The molecule has 1 aromatic carbocycles. The number of benzene rings is 1. The Morgan fingerprint density at radius 3 is 2.62 bits per heavy atom. The Labute approximate surface area is 192 Å². The van der Waals surface area contributed by atoms with E-state index in [1.165, 1.54) is 19.3 Å². The lowest BCUT2D eigenvalue weighted by Gasteiger charge is -2.30. The molecule has 32 heavy (non-hydrogen) atoms. The van der Waals surface area contributed by atoms with Crippen LogP contribution in [0, 0.1) is 0 Å². The van der Waals surface area contributed by atoms with E-state index < -0.39 is 16.2 Å². The van der Waals surface area contributed by atoms with Gasteiger partial charge in [-0.15, -0.1) is 0 Å². The molecule has 1 fully saturated rings. The number of rotatable bonds is 8. The van der Waals surface area contributed by atoms with Crippen molar-refractivity contribution in [3.63, 3.8) is 0 Å². The van der Waals surface area contributed by atoms with Crippen LogP contribution >= 0.6 is 11.6 Å². The maximum Gasteiger partial charge on any atom is 0.359 e. The molecule has 1 aliphatic rings. The molecular weight excluding hydrogens is 458 g/mol. The third-order valence-electron chi connectivity index (χ3n) is 5.08. The molecule has 0 spiro atoms. The number of hydrogen-bond acceptors (Lipinski definition) is 7. The first-order valence-corrected chi connectivity index (χ1v) is 11.9. The van der Waals surface area contributed by atoms with Crippen LogP contribution in [-0.2, 0) is 15.1 Å². The van der Waals surface area contributed by atoms with Crippen LogP contribution in [0.15, 0.2) is 30.5 Å². The lowest BCUT2D eigenvalue weighted by Crippen LogP contribution is -2.30. The molecule has 10 nitrogen and oxygen atoms in total. The van der Waals surface area contributed by atoms with Crippen molar-refractivity contribution in [2.24, 2.45) is 0 Å². The summed E-state index contributed by atoms with van der Waals surface area (Å²) in [5.41, 5.74) is 4.11. The smallest absolute Gasteiger partial charge is 0.359 e. The molecule has 2 aromatic rings. The number of halogens is 1. The van der Waals surface area contributed by atoms with Crippen LogP contribution in [-0.4, -0.2) is 50.6 Å². The summed E-state index contributed by atoms with van der Waals surface area (Å²) in [6.07, 6.45) is 4.55. The van der Waals surface area contributed by atoms with Crippen molar-refractivity contribution in [1.82, 2.24) is 10.5 Å². The van der Waals surface area contributed by atoms with Gasteiger partial charge in [-0.25, -0.2) is 14.8 Å². The highest BCUT2D eigenvalue weighted by Gasteiger charge is 2.22. The van der Waals surface area contributed by atoms with Crippen LogP contribution in [0.2, 0.25) is 5.15 Å². The minimum absolute atomic E-state index is 0.134. The summed E-state index contributed by atoms with van der Waals surface area (Å²) in [6, 6.07) is 6.68. The van der Waals surface area contributed by atoms with E-state index >= 15 is 0 Å². The number of carbonyl (C=O) groups excluding carboxylic acids is 1. The predicted octanol–water partition coefficient (Wildman–Crippen LogP) is 3.39. The molecule has 1 aliphatic heterocycles. The van der Waals surface area contributed by atoms with Gasteiger partial charge in [0.1, 0.15) is 5.15 Å². The predicted molar refractivity (Wildman–Crippen MR) is 124 cm³/mol. The first-order valence-electron chi connectivity index (χ1n) is 10.2. The highest BCUT2D eigenvalue weighted by Crippen LogP contribution is 2.35. The van der Waals surface area contributed by atoms with Crippen molar-refractivity contribution in [2.75, 3.05) is 41.3 Å². The molecule has 3 rings (SSSR count). The zero-order valence-corrected chi connectivity index (χ0v) is 19.4. The Hall–Kier alpha value is -2.60. The average molecular weight is 484 g/mol. The lowest BCUT2D eigenvalue weighted by molar-refractivity contribution is 0.0365. The summed E-state index contributed by atoms with van der Waals surface area (Å²) in [4.78, 5) is 23.5. The largest absolute Gasteiger partial charge is 0.371 e. The van der Waals surface area contributed by atoms with Gasteiger partial charge in [0.05, 0.1) is 29.2 Å². The first-order chi connectivity index (χ1) is 15.2. The molecule has 174 valence electrons. The van der Waals surface area contributed by atoms with Crippen molar-refractivity contribution >= 4 is 50.6 Å². The average Bonchev–Trinajstić information content (AvgIpc) is 2.77. The third kappa shape index (κ3) is 5.80. The van der Waals surface area contributed by atoms with E-state index in [4.69, 9.17) is 16.4 Å². The van der Waals surface area contributed by atoms with Crippen molar-refractivity contribution in [3.8, 4) is 0 Å². The van der Waals surface area contributed by atoms with Gasteiger partial charge >= 0.3 is 10.3 Å². The fourth-order valence-electron chi connectivity index (χ4n) is 3.41. The number of anilines is 4. The summed E-state index contributed by atoms with van der Waals surface area (Å²) in [5, 5.41) is 3.18. The van der Waals surface area contributed by atoms with Crippen LogP contribution < -0.4 is 20.0 Å². The normalized spacial score (nSPS) is 14.2.